The van der Waals surface area contributed by atoms with Crippen molar-refractivity contribution in [1.82, 2.24) is 10.2 Å². The monoisotopic (exact) mass is 377 g/mol. The zero-order valence-electron chi connectivity index (χ0n) is 14.3. The quantitative estimate of drug-likeness (QED) is 0.418. The molecule has 132 valence electrons. The topological polar surface area (TPSA) is 72.4 Å². The molecule has 0 saturated heterocycles. The minimum atomic E-state index is -0.306. The van der Waals surface area contributed by atoms with Crippen molar-refractivity contribution in [3.8, 4) is 5.75 Å². The number of rotatable bonds is 7. The predicted molar refractivity (Wildman–Crippen MR) is 98.7 cm³/mol. The number of aromatic nitrogens is 2. The normalized spacial score (nSPS) is 14.8. The smallest absolute Gasteiger partial charge is 0.225 e. The zero-order valence-corrected chi connectivity index (χ0v) is 15.9. The Labute approximate surface area is 154 Å². The summed E-state index contributed by atoms with van der Waals surface area (Å²) in [6.45, 7) is 3.39. The van der Waals surface area contributed by atoms with Gasteiger partial charge in [-0.25, -0.2) is 0 Å². The first-order valence-corrected chi connectivity index (χ1v) is 9.67. The van der Waals surface area contributed by atoms with E-state index in [1.165, 1.54) is 23.1 Å². The highest BCUT2D eigenvalue weighted by Crippen LogP contribution is 2.37. The number of carbonyl (C=O) groups is 2. The molecule has 3 rings (SSSR count). The minimum absolute atomic E-state index is 0.00580. The largest absolute Gasteiger partial charge is 0.497 e. The average molecular weight is 377 g/mol. The number of nitrogens with zero attached hydrogens (tertiary/aromatic N) is 3. The number of thioether (sulfide) groups is 1. The summed E-state index contributed by atoms with van der Waals surface area (Å²) in [7, 11) is 1.57. The van der Waals surface area contributed by atoms with Gasteiger partial charge in [0.15, 0.2) is 10.1 Å². The van der Waals surface area contributed by atoms with Crippen LogP contribution >= 0.6 is 23.1 Å². The van der Waals surface area contributed by atoms with E-state index in [-0.39, 0.29) is 23.0 Å². The Bertz CT molecular complexity index is 789. The number of benzene rings is 1. The number of ketones is 1. The van der Waals surface area contributed by atoms with Crippen LogP contribution in [-0.2, 0) is 4.79 Å². The summed E-state index contributed by atoms with van der Waals surface area (Å²) >= 11 is 2.71. The minimum Gasteiger partial charge on any atom is -0.497 e. The molecule has 25 heavy (non-hydrogen) atoms. The molecule has 8 heteroatoms. The van der Waals surface area contributed by atoms with Crippen LogP contribution in [0.5, 0.6) is 5.75 Å². The Morgan fingerprint density at radius 2 is 2.12 bits per heavy atom. The summed E-state index contributed by atoms with van der Waals surface area (Å²) in [5.41, 5.74) is 0.604. The molecular formula is C17H19N3O3S2. The van der Waals surface area contributed by atoms with Crippen molar-refractivity contribution < 1.29 is 14.3 Å². The van der Waals surface area contributed by atoms with Gasteiger partial charge < -0.3 is 4.74 Å². The molecule has 1 aliphatic rings. The Kier molecular flexibility index (Phi) is 5.39. The lowest BCUT2D eigenvalue weighted by Crippen LogP contribution is -2.30. The van der Waals surface area contributed by atoms with E-state index in [4.69, 9.17) is 4.74 Å². The number of hydrogen-bond acceptors (Lipinski definition) is 7. The number of carbonyl (C=O) groups excluding carboxylic acids is 2. The molecule has 1 aromatic heterocycles. The summed E-state index contributed by atoms with van der Waals surface area (Å²) in [4.78, 5) is 26.1. The third-order valence-corrected chi connectivity index (χ3v) is 5.96. The summed E-state index contributed by atoms with van der Waals surface area (Å²) < 4.78 is 5.85. The van der Waals surface area contributed by atoms with Crippen LogP contribution in [0.4, 0.5) is 5.13 Å². The molecule has 1 fully saturated rings. The highest BCUT2D eigenvalue weighted by molar-refractivity contribution is 8.02. The van der Waals surface area contributed by atoms with Crippen LogP contribution in [0, 0.1) is 0 Å². The van der Waals surface area contributed by atoms with Crippen molar-refractivity contribution in [2.75, 3.05) is 12.0 Å². The van der Waals surface area contributed by atoms with Gasteiger partial charge in [-0.05, 0) is 31.9 Å². The van der Waals surface area contributed by atoms with E-state index in [9.17, 15) is 9.59 Å². The molecule has 0 radical (unpaired) electrons. The van der Waals surface area contributed by atoms with Crippen LogP contribution in [0.3, 0.4) is 0 Å². The summed E-state index contributed by atoms with van der Waals surface area (Å²) in [6, 6.07) is 7.36. The maximum atomic E-state index is 12.6. The average Bonchev–Trinajstić information content (AvgIpc) is 3.33. The van der Waals surface area contributed by atoms with Crippen molar-refractivity contribution in [2.45, 2.75) is 42.3 Å². The van der Waals surface area contributed by atoms with Gasteiger partial charge in [0.25, 0.3) is 0 Å². The van der Waals surface area contributed by atoms with E-state index in [1.807, 2.05) is 6.92 Å². The SMILES string of the molecule is COc1cccc(C(=O)C(C)Sc2nnc(N(C(C)=O)C3CC3)s2)c1. The fraction of sp³-hybridized carbons (Fsp3) is 0.412. The van der Waals surface area contributed by atoms with E-state index in [0.717, 1.165) is 12.8 Å². The molecule has 1 unspecified atom stereocenters. The van der Waals surface area contributed by atoms with Gasteiger partial charge >= 0.3 is 0 Å². The maximum absolute atomic E-state index is 12.6. The first-order valence-electron chi connectivity index (χ1n) is 7.98. The van der Waals surface area contributed by atoms with Gasteiger partial charge in [-0.2, -0.15) is 0 Å². The van der Waals surface area contributed by atoms with Crippen LogP contribution < -0.4 is 9.64 Å². The molecule has 1 heterocycles. The lowest BCUT2D eigenvalue weighted by molar-refractivity contribution is -0.116. The second-order valence-corrected chi connectivity index (χ2v) is 8.37. The van der Waals surface area contributed by atoms with Gasteiger partial charge in [-0.3, -0.25) is 14.5 Å². The first-order chi connectivity index (χ1) is 12.0. The fourth-order valence-corrected chi connectivity index (χ4v) is 4.62. The van der Waals surface area contributed by atoms with Crippen molar-refractivity contribution in [3.05, 3.63) is 29.8 Å². The summed E-state index contributed by atoms with van der Waals surface area (Å²) in [5, 5.41) is 8.58. The predicted octanol–water partition coefficient (Wildman–Crippen LogP) is 3.43. The Morgan fingerprint density at radius 1 is 1.36 bits per heavy atom. The second kappa shape index (κ2) is 7.53. The maximum Gasteiger partial charge on any atom is 0.225 e. The number of anilines is 1. The summed E-state index contributed by atoms with van der Waals surface area (Å²) in [6.07, 6.45) is 2.01. The van der Waals surface area contributed by atoms with Gasteiger partial charge in [0.05, 0.1) is 12.4 Å². The van der Waals surface area contributed by atoms with E-state index >= 15 is 0 Å². The van der Waals surface area contributed by atoms with Crippen molar-refractivity contribution in [1.29, 1.82) is 0 Å². The van der Waals surface area contributed by atoms with Crippen LogP contribution in [0.2, 0.25) is 0 Å². The van der Waals surface area contributed by atoms with Gasteiger partial charge in [0, 0.05) is 18.5 Å². The molecule has 0 N–H and O–H groups in total. The Balaban J connectivity index is 1.69. The number of methoxy groups -OCH3 is 1. The van der Waals surface area contributed by atoms with Crippen molar-refractivity contribution in [3.63, 3.8) is 0 Å². The molecule has 1 atom stereocenters. The number of Topliss-reactive ketones (excluding diaryl/α,β-unsaturated/α-hetero) is 1. The molecule has 2 aromatic rings. The standard InChI is InChI=1S/C17H19N3O3S2/c1-10(15(22)12-5-4-6-14(9-12)23-3)24-17-19-18-16(25-17)20(11(2)21)13-7-8-13/h4-6,9-10,13H,7-8H2,1-3H3. The number of hydrogen-bond donors (Lipinski definition) is 0. The Hall–Kier alpha value is -1.93. The highest BCUT2D eigenvalue weighted by atomic mass is 32.2. The highest BCUT2D eigenvalue weighted by Gasteiger charge is 2.34. The van der Waals surface area contributed by atoms with Crippen LogP contribution in [0.25, 0.3) is 0 Å². The van der Waals surface area contributed by atoms with Crippen LogP contribution in [-0.4, -0.2) is 40.3 Å². The lowest BCUT2D eigenvalue weighted by Gasteiger charge is -2.15. The van der Waals surface area contributed by atoms with Gasteiger partial charge in [0.2, 0.25) is 11.0 Å². The number of amides is 1. The van der Waals surface area contributed by atoms with Crippen LogP contribution in [0.15, 0.2) is 28.6 Å². The molecule has 0 bridgehead atoms. The second-order valence-electron chi connectivity index (χ2n) is 5.83. The molecule has 6 nitrogen and oxygen atoms in total. The molecule has 1 aliphatic carbocycles. The van der Waals surface area contributed by atoms with Gasteiger partial charge in [0.1, 0.15) is 5.75 Å². The molecule has 0 aliphatic heterocycles. The number of ether oxygens (including phenoxy) is 1. The van der Waals surface area contributed by atoms with Gasteiger partial charge in [-0.1, -0.05) is 35.2 Å². The third kappa shape index (κ3) is 4.19. The fourth-order valence-electron chi connectivity index (χ4n) is 2.44. The van der Waals surface area contributed by atoms with Crippen LogP contribution in [0.1, 0.15) is 37.0 Å². The molecule has 0 spiro atoms. The first kappa shape index (κ1) is 17.9. The van der Waals surface area contributed by atoms with Crippen molar-refractivity contribution in [2.24, 2.45) is 0 Å². The Morgan fingerprint density at radius 3 is 2.76 bits per heavy atom. The zero-order chi connectivity index (χ0) is 18.0. The van der Waals surface area contributed by atoms with E-state index in [0.29, 0.717) is 20.8 Å². The summed E-state index contributed by atoms with van der Waals surface area (Å²) in [5.74, 6) is 0.643. The van der Waals surface area contributed by atoms with Gasteiger partial charge in [-0.15, -0.1) is 10.2 Å². The van der Waals surface area contributed by atoms with Crippen molar-refractivity contribution >= 4 is 39.9 Å². The molecule has 1 amide bonds. The van der Waals surface area contributed by atoms with E-state index in [1.54, 1.807) is 43.2 Å². The van der Waals surface area contributed by atoms with E-state index < -0.39 is 0 Å². The third-order valence-electron chi connectivity index (χ3n) is 3.85. The molecular weight excluding hydrogens is 358 g/mol. The molecule has 1 saturated carbocycles. The molecule has 1 aromatic carbocycles. The lowest BCUT2D eigenvalue weighted by atomic mass is 10.1. The van der Waals surface area contributed by atoms with E-state index in [2.05, 4.69) is 10.2 Å².